The Balaban J connectivity index is 1.82. The highest BCUT2D eigenvalue weighted by molar-refractivity contribution is 5.14. The van der Waals surface area contributed by atoms with Crippen LogP contribution in [0.25, 0.3) is 0 Å². The van der Waals surface area contributed by atoms with Crippen molar-refractivity contribution in [3.63, 3.8) is 0 Å². The minimum atomic E-state index is 0.617. The van der Waals surface area contributed by atoms with Gasteiger partial charge in [0.25, 0.3) is 0 Å². The van der Waals surface area contributed by atoms with Crippen molar-refractivity contribution < 1.29 is 9.15 Å². The van der Waals surface area contributed by atoms with E-state index in [0.29, 0.717) is 5.92 Å². The van der Waals surface area contributed by atoms with Gasteiger partial charge in [-0.15, -0.1) is 0 Å². The normalized spacial score (nSPS) is 16.6. The lowest BCUT2D eigenvalue weighted by atomic mass is 9.83. The van der Waals surface area contributed by atoms with E-state index < -0.39 is 0 Å². The molecule has 0 bridgehead atoms. The Morgan fingerprint density at radius 3 is 3.13 bits per heavy atom. The van der Waals surface area contributed by atoms with Gasteiger partial charge in [-0.3, -0.25) is 0 Å². The zero-order valence-corrected chi connectivity index (χ0v) is 9.16. The van der Waals surface area contributed by atoms with Crippen LogP contribution in [-0.4, -0.2) is 25.2 Å². The second kappa shape index (κ2) is 5.28. The third-order valence-corrected chi connectivity index (χ3v) is 2.92. The Morgan fingerprint density at radius 1 is 1.60 bits per heavy atom. The van der Waals surface area contributed by atoms with E-state index in [1.54, 1.807) is 13.5 Å². The lowest BCUT2D eigenvalue weighted by Gasteiger charge is -2.23. The summed E-state index contributed by atoms with van der Waals surface area (Å²) in [4.78, 5) is 4.25. The van der Waals surface area contributed by atoms with Crippen LogP contribution in [0.2, 0.25) is 0 Å². The number of aromatic nitrogens is 1. The molecule has 1 aliphatic carbocycles. The fraction of sp³-hybridized carbons (Fsp3) is 0.727. The average molecular weight is 210 g/mol. The zero-order chi connectivity index (χ0) is 10.5. The molecule has 4 heteroatoms. The van der Waals surface area contributed by atoms with Gasteiger partial charge in [0.1, 0.15) is 5.76 Å². The van der Waals surface area contributed by atoms with Gasteiger partial charge in [0.05, 0.1) is 12.3 Å². The molecule has 0 aliphatic heterocycles. The largest absolute Gasteiger partial charge is 0.448 e. The summed E-state index contributed by atoms with van der Waals surface area (Å²) in [5.41, 5.74) is 1.07. The Bertz CT molecular complexity index is 295. The van der Waals surface area contributed by atoms with Crippen LogP contribution in [0, 0.1) is 0 Å². The molecule has 0 saturated heterocycles. The first-order valence-electron chi connectivity index (χ1n) is 5.53. The van der Waals surface area contributed by atoms with Gasteiger partial charge < -0.3 is 14.5 Å². The maximum Gasteiger partial charge on any atom is 0.181 e. The molecule has 1 saturated carbocycles. The smallest absolute Gasteiger partial charge is 0.181 e. The standard InChI is InChI=1S/C11H18N2O2/c1-14-6-5-12-7-10-11(15-8-13-10)9-3-2-4-9/h8-9,12H,2-7H2,1H3. The summed E-state index contributed by atoms with van der Waals surface area (Å²) in [7, 11) is 1.71. The molecule has 0 unspecified atom stereocenters. The van der Waals surface area contributed by atoms with Crippen LogP contribution in [0.3, 0.4) is 0 Å². The van der Waals surface area contributed by atoms with Crippen LogP contribution >= 0.6 is 0 Å². The number of rotatable bonds is 6. The van der Waals surface area contributed by atoms with Gasteiger partial charge in [0.2, 0.25) is 0 Å². The monoisotopic (exact) mass is 210 g/mol. The minimum absolute atomic E-state index is 0.617. The highest BCUT2D eigenvalue weighted by Gasteiger charge is 2.25. The molecule has 0 atom stereocenters. The molecule has 1 heterocycles. The number of hydrogen-bond acceptors (Lipinski definition) is 4. The van der Waals surface area contributed by atoms with E-state index in [2.05, 4.69) is 10.3 Å². The summed E-state index contributed by atoms with van der Waals surface area (Å²) in [6, 6.07) is 0. The summed E-state index contributed by atoms with van der Waals surface area (Å²) in [5.74, 6) is 1.71. The maximum atomic E-state index is 5.44. The van der Waals surface area contributed by atoms with E-state index in [-0.39, 0.29) is 0 Å². The van der Waals surface area contributed by atoms with Crippen LogP contribution in [-0.2, 0) is 11.3 Å². The summed E-state index contributed by atoms with van der Waals surface area (Å²) < 4.78 is 10.4. The number of oxazole rings is 1. The van der Waals surface area contributed by atoms with Crippen molar-refractivity contribution in [2.75, 3.05) is 20.3 Å². The molecule has 0 radical (unpaired) electrons. The van der Waals surface area contributed by atoms with Crippen LogP contribution in [0.5, 0.6) is 0 Å². The fourth-order valence-electron chi connectivity index (χ4n) is 1.79. The van der Waals surface area contributed by atoms with E-state index in [4.69, 9.17) is 9.15 Å². The molecule has 0 amide bonds. The number of hydrogen-bond donors (Lipinski definition) is 1. The Labute approximate surface area is 90.0 Å². The third kappa shape index (κ3) is 2.58. The van der Waals surface area contributed by atoms with Crippen molar-refractivity contribution >= 4 is 0 Å². The zero-order valence-electron chi connectivity index (χ0n) is 9.16. The van der Waals surface area contributed by atoms with Crippen molar-refractivity contribution in [3.05, 3.63) is 17.8 Å². The fourth-order valence-corrected chi connectivity index (χ4v) is 1.79. The molecule has 1 aromatic rings. The van der Waals surface area contributed by atoms with Crippen LogP contribution in [0.4, 0.5) is 0 Å². The third-order valence-electron chi connectivity index (χ3n) is 2.92. The minimum Gasteiger partial charge on any atom is -0.448 e. The van der Waals surface area contributed by atoms with Gasteiger partial charge in [0.15, 0.2) is 6.39 Å². The highest BCUT2D eigenvalue weighted by atomic mass is 16.5. The van der Waals surface area contributed by atoms with E-state index in [0.717, 1.165) is 31.2 Å². The van der Waals surface area contributed by atoms with Gasteiger partial charge in [-0.25, -0.2) is 4.98 Å². The summed E-state index contributed by atoms with van der Waals surface area (Å²) in [6.07, 6.45) is 5.38. The highest BCUT2D eigenvalue weighted by Crippen LogP contribution is 2.37. The van der Waals surface area contributed by atoms with E-state index in [1.165, 1.54) is 19.3 Å². The van der Waals surface area contributed by atoms with Gasteiger partial charge in [0, 0.05) is 26.1 Å². The molecule has 1 fully saturated rings. The molecule has 0 aromatic carbocycles. The first kappa shape index (κ1) is 10.6. The van der Waals surface area contributed by atoms with Crippen molar-refractivity contribution in [1.82, 2.24) is 10.3 Å². The quantitative estimate of drug-likeness (QED) is 0.726. The Kier molecular flexibility index (Phi) is 3.75. The number of nitrogens with zero attached hydrogens (tertiary/aromatic N) is 1. The summed E-state index contributed by atoms with van der Waals surface area (Å²) in [6.45, 7) is 2.37. The summed E-state index contributed by atoms with van der Waals surface area (Å²) >= 11 is 0. The molecule has 4 nitrogen and oxygen atoms in total. The summed E-state index contributed by atoms with van der Waals surface area (Å²) in [5, 5.41) is 3.28. The van der Waals surface area contributed by atoms with Crippen LogP contribution in [0.1, 0.15) is 36.6 Å². The molecule has 84 valence electrons. The molecular weight excluding hydrogens is 192 g/mol. The van der Waals surface area contributed by atoms with Gasteiger partial charge in [-0.1, -0.05) is 6.42 Å². The average Bonchev–Trinajstić information content (AvgIpc) is 2.58. The van der Waals surface area contributed by atoms with Crippen LogP contribution in [0.15, 0.2) is 10.8 Å². The molecule has 2 rings (SSSR count). The van der Waals surface area contributed by atoms with Crippen molar-refractivity contribution in [2.45, 2.75) is 31.7 Å². The van der Waals surface area contributed by atoms with Gasteiger partial charge in [-0.05, 0) is 12.8 Å². The Hall–Kier alpha value is -0.870. The first-order chi connectivity index (χ1) is 7.42. The molecule has 1 aliphatic rings. The van der Waals surface area contributed by atoms with E-state index >= 15 is 0 Å². The molecule has 0 spiro atoms. The number of nitrogens with one attached hydrogen (secondary N) is 1. The Morgan fingerprint density at radius 2 is 2.47 bits per heavy atom. The molecule has 15 heavy (non-hydrogen) atoms. The van der Waals surface area contributed by atoms with Crippen molar-refractivity contribution in [2.24, 2.45) is 0 Å². The molecule has 1 aromatic heterocycles. The van der Waals surface area contributed by atoms with Gasteiger partial charge in [-0.2, -0.15) is 0 Å². The van der Waals surface area contributed by atoms with E-state index in [9.17, 15) is 0 Å². The number of methoxy groups -OCH3 is 1. The van der Waals surface area contributed by atoms with E-state index in [1.807, 2.05) is 0 Å². The van der Waals surface area contributed by atoms with Crippen LogP contribution < -0.4 is 5.32 Å². The van der Waals surface area contributed by atoms with Crippen molar-refractivity contribution in [3.8, 4) is 0 Å². The lowest BCUT2D eigenvalue weighted by molar-refractivity contribution is 0.199. The maximum absolute atomic E-state index is 5.44. The second-order valence-corrected chi connectivity index (χ2v) is 3.96. The molecular formula is C11H18N2O2. The number of ether oxygens (including phenoxy) is 1. The SMILES string of the molecule is COCCNCc1ncoc1C1CCC1. The van der Waals surface area contributed by atoms with Crippen molar-refractivity contribution in [1.29, 1.82) is 0 Å². The second-order valence-electron chi connectivity index (χ2n) is 3.96. The molecule has 1 N–H and O–H groups in total. The first-order valence-corrected chi connectivity index (χ1v) is 5.53. The van der Waals surface area contributed by atoms with Gasteiger partial charge >= 0.3 is 0 Å². The lowest BCUT2D eigenvalue weighted by Crippen LogP contribution is -2.20. The predicted octanol–water partition coefficient (Wildman–Crippen LogP) is 1.68. The topological polar surface area (TPSA) is 47.3 Å². The predicted molar refractivity (Wildman–Crippen MR) is 56.7 cm³/mol.